The van der Waals surface area contributed by atoms with Crippen molar-refractivity contribution in [1.29, 1.82) is 0 Å². The molecule has 1 saturated carbocycles. The summed E-state index contributed by atoms with van der Waals surface area (Å²) in [5.74, 6) is -0.0848. The summed E-state index contributed by atoms with van der Waals surface area (Å²) >= 11 is 0. The molecular weight excluding hydrogens is 402 g/mol. The van der Waals surface area contributed by atoms with E-state index < -0.39 is 0 Å². The number of aromatic nitrogens is 3. The Labute approximate surface area is 185 Å². The van der Waals surface area contributed by atoms with Crippen LogP contribution in [-0.2, 0) is 4.79 Å². The first-order valence-corrected chi connectivity index (χ1v) is 10.4. The zero-order valence-electron chi connectivity index (χ0n) is 17.2. The largest absolute Gasteiger partial charge is 0.326 e. The van der Waals surface area contributed by atoms with Crippen LogP contribution in [0, 0.1) is 5.92 Å². The molecule has 0 bridgehead atoms. The van der Waals surface area contributed by atoms with Crippen LogP contribution in [0.5, 0.6) is 0 Å². The number of benzene rings is 2. The van der Waals surface area contributed by atoms with Crippen molar-refractivity contribution in [1.82, 2.24) is 14.8 Å². The Kier molecular flexibility index (Phi) is 5.21. The van der Waals surface area contributed by atoms with Crippen molar-refractivity contribution in [2.75, 3.05) is 10.6 Å². The van der Waals surface area contributed by atoms with Crippen LogP contribution in [0.3, 0.4) is 0 Å². The number of anilines is 2. The molecule has 5 rings (SSSR count). The fraction of sp³-hybridized carbons (Fsp3) is 0.120. The van der Waals surface area contributed by atoms with Gasteiger partial charge >= 0.3 is 0 Å². The summed E-state index contributed by atoms with van der Waals surface area (Å²) in [6, 6.07) is 20.4. The molecule has 0 radical (unpaired) electrons. The summed E-state index contributed by atoms with van der Waals surface area (Å²) in [5, 5.41) is 10.5. The number of hydrogen-bond acceptors (Lipinski definition) is 4. The molecule has 7 nitrogen and oxygen atoms in total. The standard InChI is InChI=1S/C25H21N5O2/c31-24(17-8-9-17)27-19-10-12-20(13-11-19)28-25(32)22-16-30(21-6-2-1-3-7-21)29-23(22)18-5-4-14-26-15-18/h1-7,10-17H,8-9H2,(H,27,31)(H,28,32). The van der Waals surface area contributed by atoms with E-state index >= 15 is 0 Å². The Morgan fingerprint density at radius 3 is 2.25 bits per heavy atom. The number of nitrogens with zero attached hydrogens (tertiary/aromatic N) is 3. The molecule has 0 aliphatic heterocycles. The fourth-order valence-corrected chi connectivity index (χ4v) is 3.39. The quantitative estimate of drug-likeness (QED) is 0.477. The van der Waals surface area contributed by atoms with Gasteiger partial charge in [-0.1, -0.05) is 18.2 Å². The van der Waals surface area contributed by atoms with Gasteiger partial charge in [-0.25, -0.2) is 4.68 Å². The Balaban J connectivity index is 1.40. The lowest BCUT2D eigenvalue weighted by atomic mass is 10.1. The lowest BCUT2D eigenvalue weighted by Gasteiger charge is -2.08. The molecule has 1 aliphatic carbocycles. The van der Waals surface area contributed by atoms with Gasteiger partial charge in [-0.2, -0.15) is 5.10 Å². The summed E-state index contributed by atoms with van der Waals surface area (Å²) in [4.78, 5) is 29.2. The molecule has 0 atom stereocenters. The van der Waals surface area contributed by atoms with Crippen molar-refractivity contribution < 1.29 is 9.59 Å². The van der Waals surface area contributed by atoms with E-state index in [4.69, 9.17) is 0 Å². The van der Waals surface area contributed by atoms with Crippen LogP contribution in [-0.4, -0.2) is 26.6 Å². The van der Waals surface area contributed by atoms with E-state index in [9.17, 15) is 9.59 Å². The molecule has 2 aromatic heterocycles. The number of rotatable bonds is 6. The van der Waals surface area contributed by atoms with Crippen molar-refractivity contribution in [2.45, 2.75) is 12.8 Å². The lowest BCUT2D eigenvalue weighted by molar-refractivity contribution is -0.117. The van der Waals surface area contributed by atoms with Crippen LogP contribution in [0.1, 0.15) is 23.2 Å². The van der Waals surface area contributed by atoms with E-state index in [1.54, 1.807) is 47.5 Å². The van der Waals surface area contributed by atoms with E-state index in [0.29, 0.717) is 22.6 Å². The summed E-state index contributed by atoms with van der Waals surface area (Å²) in [6.07, 6.45) is 7.00. The zero-order valence-corrected chi connectivity index (χ0v) is 17.2. The van der Waals surface area contributed by atoms with Gasteiger partial charge in [0.15, 0.2) is 0 Å². The minimum absolute atomic E-state index is 0.0521. The number of para-hydroxylation sites is 1. The molecule has 1 aliphatic rings. The molecule has 0 unspecified atom stereocenters. The number of amides is 2. The summed E-state index contributed by atoms with van der Waals surface area (Å²) in [7, 11) is 0. The van der Waals surface area contributed by atoms with Crippen molar-refractivity contribution in [3.8, 4) is 16.9 Å². The van der Waals surface area contributed by atoms with Crippen molar-refractivity contribution in [3.05, 3.63) is 90.9 Å². The average molecular weight is 423 g/mol. The monoisotopic (exact) mass is 423 g/mol. The third kappa shape index (κ3) is 4.27. The number of pyridine rings is 1. The van der Waals surface area contributed by atoms with Crippen LogP contribution in [0.2, 0.25) is 0 Å². The third-order valence-electron chi connectivity index (χ3n) is 5.27. The Morgan fingerprint density at radius 2 is 1.59 bits per heavy atom. The fourth-order valence-electron chi connectivity index (χ4n) is 3.39. The van der Waals surface area contributed by atoms with Crippen LogP contribution >= 0.6 is 0 Å². The smallest absolute Gasteiger partial charge is 0.259 e. The Bertz CT molecular complexity index is 1250. The first-order valence-electron chi connectivity index (χ1n) is 10.4. The Hall–Kier alpha value is -4.26. The highest BCUT2D eigenvalue weighted by atomic mass is 16.2. The molecule has 158 valence electrons. The number of carbonyl (C=O) groups is 2. The van der Waals surface area contributed by atoms with Crippen molar-refractivity contribution in [3.63, 3.8) is 0 Å². The van der Waals surface area contributed by atoms with Gasteiger partial charge in [-0.15, -0.1) is 0 Å². The SMILES string of the molecule is O=C(Nc1ccc(NC(=O)C2CC2)cc1)c1cn(-c2ccccc2)nc1-c1cccnc1. The Morgan fingerprint density at radius 1 is 0.875 bits per heavy atom. The predicted octanol–water partition coefficient (Wildman–Crippen LogP) is 4.54. The molecule has 2 aromatic carbocycles. The maximum absolute atomic E-state index is 13.2. The van der Waals surface area contributed by atoms with Gasteiger partial charge in [-0.3, -0.25) is 14.6 Å². The molecule has 2 N–H and O–H groups in total. The number of nitrogens with one attached hydrogen (secondary N) is 2. The molecule has 0 spiro atoms. The third-order valence-corrected chi connectivity index (χ3v) is 5.27. The van der Waals surface area contributed by atoms with Gasteiger partial charge in [0.1, 0.15) is 5.69 Å². The zero-order chi connectivity index (χ0) is 21.9. The molecule has 7 heteroatoms. The van der Waals surface area contributed by atoms with E-state index in [1.165, 1.54) is 0 Å². The van der Waals surface area contributed by atoms with Crippen molar-refractivity contribution in [2.24, 2.45) is 5.92 Å². The summed E-state index contributed by atoms with van der Waals surface area (Å²) < 4.78 is 1.69. The summed E-state index contributed by atoms with van der Waals surface area (Å²) in [6.45, 7) is 0. The second kappa shape index (κ2) is 8.47. The van der Waals surface area contributed by atoms with Crippen molar-refractivity contribution >= 4 is 23.2 Å². The molecular formula is C25H21N5O2. The second-order valence-corrected chi connectivity index (χ2v) is 7.71. The first kappa shape index (κ1) is 19.7. The molecule has 32 heavy (non-hydrogen) atoms. The molecule has 1 fully saturated rings. The summed E-state index contributed by atoms with van der Waals surface area (Å²) in [5.41, 5.74) is 3.94. The lowest BCUT2D eigenvalue weighted by Crippen LogP contribution is -2.14. The van der Waals surface area contributed by atoms with Crippen LogP contribution in [0.4, 0.5) is 11.4 Å². The minimum Gasteiger partial charge on any atom is -0.326 e. The highest BCUT2D eigenvalue weighted by Gasteiger charge is 2.29. The van der Waals surface area contributed by atoms with Gasteiger partial charge in [0.05, 0.1) is 11.3 Å². The average Bonchev–Trinajstić information content (AvgIpc) is 3.59. The van der Waals surface area contributed by atoms with Gasteiger partial charge < -0.3 is 10.6 Å². The maximum Gasteiger partial charge on any atom is 0.259 e. The highest BCUT2D eigenvalue weighted by molar-refractivity contribution is 6.08. The van der Waals surface area contributed by atoms with Gasteiger partial charge in [-0.05, 0) is 61.4 Å². The topological polar surface area (TPSA) is 88.9 Å². The van der Waals surface area contributed by atoms with E-state index in [-0.39, 0.29) is 17.7 Å². The second-order valence-electron chi connectivity index (χ2n) is 7.71. The molecule has 2 amide bonds. The first-order chi connectivity index (χ1) is 15.7. The highest BCUT2D eigenvalue weighted by Crippen LogP contribution is 2.30. The van der Waals surface area contributed by atoms with Gasteiger partial charge in [0.25, 0.3) is 5.91 Å². The number of carbonyl (C=O) groups excluding carboxylic acids is 2. The molecule has 4 aromatic rings. The van der Waals surface area contributed by atoms with E-state index in [2.05, 4.69) is 20.7 Å². The van der Waals surface area contributed by atoms with Gasteiger partial charge in [0.2, 0.25) is 5.91 Å². The molecule has 0 saturated heterocycles. The van der Waals surface area contributed by atoms with Gasteiger partial charge in [0, 0.05) is 41.4 Å². The molecule has 2 heterocycles. The maximum atomic E-state index is 13.2. The van der Waals surface area contributed by atoms with Crippen LogP contribution in [0.15, 0.2) is 85.3 Å². The van der Waals surface area contributed by atoms with E-state index in [1.807, 2.05) is 42.5 Å². The van der Waals surface area contributed by atoms with Crippen LogP contribution in [0.25, 0.3) is 16.9 Å². The normalized spacial score (nSPS) is 12.9. The van der Waals surface area contributed by atoms with Crippen LogP contribution < -0.4 is 10.6 Å². The number of hydrogen-bond donors (Lipinski definition) is 2. The predicted molar refractivity (Wildman–Crippen MR) is 123 cm³/mol. The van der Waals surface area contributed by atoms with E-state index in [0.717, 1.165) is 24.1 Å². The minimum atomic E-state index is -0.277.